The highest BCUT2D eigenvalue weighted by Gasteiger charge is 2.08. The average molecular weight is 345 g/mol. The van der Waals surface area contributed by atoms with Crippen molar-refractivity contribution in [1.29, 1.82) is 0 Å². The van der Waals surface area contributed by atoms with E-state index in [0.717, 1.165) is 33.6 Å². The number of pyridine rings is 1. The van der Waals surface area contributed by atoms with E-state index in [0.29, 0.717) is 12.5 Å². The second-order valence-electron chi connectivity index (χ2n) is 6.08. The Morgan fingerprint density at radius 3 is 2.88 bits per heavy atom. The maximum atomic E-state index is 5.30. The molecule has 4 rings (SSSR count). The quantitative estimate of drug-likeness (QED) is 0.593. The van der Waals surface area contributed by atoms with Crippen molar-refractivity contribution < 1.29 is 4.74 Å². The third-order valence-electron chi connectivity index (χ3n) is 4.27. The van der Waals surface area contributed by atoms with E-state index in [9.17, 15) is 0 Å². The fraction of sp³-hybridized carbons (Fsp3) is 0.150. The fourth-order valence-electron chi connectivity index (χ4n) is 2.83. The number of aromatic nitrogens is 4. The van der Waals surface area contributed by atoms with Crippen molar-refractivity contribution in [3.8, 4) is 5.75 Å². The molecule has 4 aromatic rings. The summed E-state index contributed by atoms with van der Waals surface area (Å²) in [6, 6.07) is 11.9. The van der Waals surface area contributed by atoms with Crippen molar-refractivity contribution >= 4 is 22.7 Å². The van der Waals surface area contributed by atoms with Gasteiger partial charge in [0.15, 0.2) is 0 Å². The molecule has 0 amide bonds. The van der Waals surface area contributed by atoms with E-state index in [1.165, 1.54) is 0 Å². The zero-order chi connectivity index (χ0) is 17.9. The van der Waals surface area contributed by atoms with Crippen LogP contribution in [0.5, 0.6) is 5.75 Å². The molecule has 6 heteroatoms. The van der Waals surface area contributed by atoms with Gasteiger partial charge in [0.05, 0.1) is 13.7 Å². The van der Waals surface area contributed by atoms with E-state index in [1.54, 1.807) is 13.3 Å². The molecule has 0 saturated heterocycles. The first-order chi connectivity index (χ1) is 12.7. The number of rotatable bonds is 5. The number of nitrogens with zero attached hydrogens (tertiary/aromatic N) is 4. The maximum absolute atomic E-state index is 5.30. The Labute approximate surface area is 151 Å². The Hall–Kier alpha value is -3.41. The lowest BCUT2D eigenvalue weighted by molar-refractivity contribution is 0.415. The topological polar surface area (TPSA) is 64.9 Å². The van der Waals surface area contributed by atoms with Crippen LogP contribution in [0.3, 0.4) is 0 Å². The highest BCUT2D eigenvalue weighted by molar-refractivity contribution is 5.77. The Balaban J connectivity index is 1.66. The number of fused-ring (bicyclic) bond motifs is 1. The number of hydrogen-bond acceptors (Lipinski definition) is 5. The number of nitrogens with one attached hydrogen (secondary N) is 1. The lowest BCUT2D eigenvalue weighted by Crippen LogP contribution is -2.03. The van der Waals surface area contributed by atoms with Crippen LogP contribution in [0.25, 0.3) is 11.0 Å². The second kappa shape index (κ2) is 6.84. The molecule has 3 aromatic heterocycles. The summed E-state index contributed by atoms with van der Waals surface area (Å²) >= 11 is 0. The molecule has 0 bridgehead atoms. The zero-order valence-electron chi connectivity index (χ0n) is 14.7. The molecule has 0 spiro atoms. The van der Waals surface area contributed by atoms with Crippen LogP contribution in [-0.4, -0.2) is 26.6 Å². The van der Waals surface area contributed by atoms with Crippen molar-refractivity contribution in [3.05, 3.63) is 72.3 Å². The first-order valence-electron chi connectivity index (χ1n) is 8.35. The normalized spacial score (nSPS) is 10.8. The first kappa shape index (κ1) is 16.1. The van der Waals surface area contributed by atoms with Gasteiger partial charge in [-0.25, -0.2) is 4.98 Å². The molecule has 0 atom stereocenters. The number of methoxy groups -OCH3 is 1. The maximum Gasteiger partial charge on any atom is 0.229 e. The first-order valence-corrected chi connectivity index (χ1v) is 8.35. The van der Waals surface area contributed by atoms with Crippen LogP contribution in [0, 0.1) is 6.92 Å². The van der Waals surface area contributed by atoms with Crippen LogP contribution in [0.1, 0.15) is 11.1 Å². The van der Waals surface area contributed by atoms with Crippen molar-refractivity contribution in [1.82, 2.24) is 19.5 Å². The molecule has 1 aromatic carbocycles. The Bertz CT molecular complexity index is 1040. The summed E-state index contributed by atoms with van der Waals surface area (Å²) in [4.78, 5) is 13.3. The van der Waals surface area contributed by atoms with Crippen molar-refractivity contribution in [2.75, 3.05) is 12.4 Å². The smallest absolute Gasteiger partial charge is 0.229 e. The molecule has 0 saturated carbocycles. The summed E-state index contributed by atoms with van der Waals surface area (Å²) < 4.78 is 7.39. The molecule has 0 aliphatic carbocycles. The monoisotopic (exact) mass is 345 g/mol. The summed E-state index contributed by atoms with van der Waals surface area (Å²) in [5.74, 6) is 1.35. The molecule has 26 heavy (non-hydrogen) atoms. The van der Waals surface area contributed by atoms with E-state index in [1.807, 2.05) is 55.8 Å². The van der Waals surface area contributed by atoms with Gasteiger partial charge in [0, 0.05) is 41.9 Å². The highest BCUT2D eigenvalue weighted by Crippen LogP contribution is 2.25. The predicted octanol–water partition coefficient (Wildman–Crippen LogP) is 3.94. The van der Waals surface area contributed by atoms with E-state index in [2.05, 4.69) is 25.9 Å². The fourth-order valence-corrected chi connectivity index (χ4v) is 2.83. The van der Waals surface area contributed by atoms with Crippen molar-refractivity contribution in [2.24, 2.45) is 0 Å². The molecular formula is C20H19N5O. The molecule has 130 valence electrons. The summed E-state index contributed by atoms with van der Waals surface area (Å²) in [5.41, 5.74) is 4.03. The minimum Gasteiger partial charge on any atom is -0.497 e. The second-order valence-corrected chi connectivity index (χ2v) is 6.08. The average Bonchev–Trinajstić information content (AvgIpc) is 3.06. The Morgan fingerprint density at radius 1 is 1.15 bits per heavy atom. The third-order valence-corrected chi connectivity index (χ3v) is 4.27. The standard InChI is InChI=1S/C20H19N5O/c1-14-5-6-17(26-2)10-18(14)23-20-22-12-16-7-9-25(19(16)24-20)13-15-4-3-8-21-11-15/h3-12H,13H2,1-2H3,(H,22,23,24). The van der Waals surface area contributed by atoms with Crippen LogP contribution in [0.4, 0.5) is 11.6 Å². The van der Waals surface area contributed by atoms with Crippen LogP contribution >= 0.6 is 0 Å². The molecule has 0 unspecified atom stereocenters. The number of benzene rings is 1. The van der Waals surface area contributed by atoms with Crippen molar-refractivity contribution in [2.45, 2.75) is 13.5 Å². The van der Waals surface area contributed by atoms with Crippen molar-refractivity contribution in [3.63, 3.8) is 0 Å². The van der Waals surface area contributed by atoms with Gasteiger partial charge >= 0.3 is 0 Å². The lowest BCUT2D eigenvalue weighted by atomic mass is 10.2. The van der Waals surface area contributed by atoms with Gasteiger partial charge < -0.3 is 14.6 Å². The van der Waals surface area contributed by atoms with Gasteiger partial charge in [-0.15, -0.1) is 0 Å². The van der Waals surface area contributed by atoms with E-state index >= 15 is 0 Å². The minimum atomic E-state index is 0.556. The van der Waals surface area contributed by atoms with Gasteiger partial charge in [0.25, 0.3) is 0 Å². The molecule has 0 aliphatic heterocycles. The molecule has 3 heterocycles. The highest BCUT2D eigenvalue weighted by atomic mass is 16.5. The van der Waals surface area contributed by atoms with E-state index < -0.39 is 0 Å². The number of aryl methyl sites for hydroxylation is 1. The predicted molar refractivity (Wildman–Crippen MR) is 102 cm³/mol. The van der Waals surface area contributed by atoms with E-state index in [4.69, 9.17) is 9.72 Å². The Morgan fingerprint density at radius 2 is 2.08 bits per heavy atom. The zero-order valence-corrected chi connectivity index (χ0v) is 14.7. The molecule has 0 fully saturated rings. The molecule has 0 aliphatic rings. The van der Waals surface area contributed by atoms with Crippen LogP contribution in [0.15, 0.2) is 61.2 Å². The SMILES string of the molecule is COc1ccc(C)c(Nc2ncc3ccn(Cc4cccnc4)c3n2)c1. The molecule has 0 radical (unpaired) electrons. The summed E-state index contributed by atoms with van der Waals surface area (Å²) in [7, 11) is 1.66. The van der Waals surface area contributed by atoms with E-state index in [-0.39, 0.29) is 0 Å². The molecule has 1 N–H and O–H groups in total. The summed E-state index contributed by atoms with van der Waals surface area (Å²) in [5, 5.41) is 4.29. The summed E-state index contributed by atoms with van der Waals surface area (Å²) in [6.07, 6.45) is 7.50. The largest absolute Gasteiger partial charge is 0.497 e. The van der Waals surface area contributed by atoms with Crippen LogP contribution in [-0.2, 0) is 6.54 Å². The van der Waals surface area contributed by atoms with Gasteiger partial charge in [-0.05, 0) is 36.2 Å². The summed E-state index contributed by atoms with van der Waals surface area (Å²) in [6.45, 7) is 2.75. The van der Waals surface area contributed by atoms with Gasteiger partial charge in [-0.1, -0.05) is 12.1 Å². The van der Waals surface area contributed by atoms with Gasteiger partial charge in [-0.2, -0.15) is 4.98 Å². The molecule has 6 nitrogen and oxygen atoms in total. The third kappa shape index (κ3) is 3.21. The van der Waals surface area contributed by atoms with Crippen LogP contribution in [0.2, 0.25) is 0 Å². The van der Waals surface area contributed by atoms with Gasteiger partial charge in [0.1, 0.15) is 11.4 Å². The van der Waals surface area contributed by atoms with Gasteiger partial charge in [-0.3, -0.25) is 4.98 Å². The number of hydrogen-bond donors (Lipinski definition) is 1. The number of anilines is 2. The van der Waals surface area contributed by atoms with Gasteiger partial charge in [0.2, 0.25) is 5.95 Å². The molecular weight excluding hydrogens is 326 g/mol. The lowest BCUT2D eigenvalue weighted by Gasteiger charge is -2.11. The minimum absolute atomic E-state index is 0.556. The van der Waals surface area contributed by atoms with Crippen LogP contribution < -0.4 is 10.1 Å². The Kier molecular flexibility index (Phi) is 4.23. The number of ether oxygens (including phenoxy) is 1.